The van der Waals surface area contributed by atoms with Crippen LogP contribution in [-0.2, 0) is 17.1 Å². The lowest BCUT2D eigenvalue weighted by molar-refractivity contribution is 0.462. The summed E-state index contributed by atoms with van der Waals surface area (Å²) < 4.78 is 27.7. The zero-order valence-corrected chi connectivity index (χ0v) is 12.3. The number of nitrogens with zero attached hydrogens (tertiary/aromatic N) is 3. The van der Waals surface area contributed by atoms with E-state index >= 15 is 0 Å². The molecule has 0 bridgehead atoms. The second kappa shape index (κ2) is 5.16. The Bertz CT molecular complexity index is 498. The van der Waals surface area contributed by atoms with Gasteiger partial charge in [0.05, 0.1) is 0 Å². The minimum absolute atomic E-state index is 0. The summed E-state index contributed by atoms with van der Waals surface area (Å²) in [6, 6.07) is -0.0883. The molecule has 6 nitrogen and oxygen atoms in total. The van der Waals surface area contributed by atoms with E-state index in [9.17, 15) is 8.42 Å². The molecule has 1 aromatic heterocycles. The van der Waals surface area contributed by atoms with Gasteiger partial charge in [0.1, 0.15) is 5.82 Å². The van der Waals surface area contributed by atoms with E-state index in [0.29, 0.717) is 18.9 Å². The molecule has 1 aromatic rings. The summed E-state index contributed by atoms with van der Waals surface area (Å²) in [5.41, 5.74) is 5.85. The molecule has 2 rings (SSSR count). The van der Waals surface area contributed by atoms with Crippen molar-refractivity contribution in [1.82, 2.24) is 13.9 Å². The van der Waals surface area contributed by atoms with Gasteiger partial charge in [-0.1, -0.05) is 6.92 Å². The van der Waals surface area contributed by atoms with Crippen LogP contribution in [0.15, 0.2) is 11.2 Å². The minimum Gasteiger partial charge on any atom is -0.337 e. The van der Waals surface area contributed by atoms with Crippen molar-refractivity contribution in [2.24, 2.45) is 18.7 Å². The molecule has 2 N–H and O–H groups in total. The lowest BCUT2D eigenvalue weighted by Gasteiger charge is -2.13. The molecule has 104 valence electrons. The predicted octanol–water partition coefficient (Wildman–Crippen LogP) is 0.118. The smallest absolute Gasteiger partial charge is 0.262 e. The second-order valence-corrected chi connectivity index (χ2v) is 6.59. The fourth-order valence-electron chi connectivity index (χ4n) is 1.93. The van der Waals surface area contributed by atoms with Crippen molar-refractivity contribution in [2.45, 2.75) is 24.9 Å². The molecule has 0 aliphatic carbocycles. The highest BCUT2D eigenvalue weighted by molar-refractivity contribution is 7.89. The van der Waals surface area contributed by atoms with Crippen molar-refractivity contribution in [1.29, 1.82) is 0 Å². The van der Waals surface area contributed by atoms with E-state index in [1.165, 1.54) is 4.31 Å². The van der Waals surface area contributed by atoms with E-state index in [1.807, 2.05) is 6.92 Å². The van der Waals surface area contributed by atoms with Crippen molar-refractivity contribution in [3.05, 3.63) is 12.0 Å². The zero-order chi connectivity index (χ0) is 12.8. The number of hydrogen-bond donors (Lipinski definition) is 1. The van der Waals surface area contributed by atoms with Crippen LogP contribution in [0.2, 0.25) is 0 Å². The Kier molecular flexibility index (Phi) is 4.42. The first-order chi connectivity index (χ1) is 7.82. The van der Waals surface area contributed by atoms with Gasteiger partial charge in [0, 0.05) is 32.4 Å². The summed E-state index contributed by atoms with van der Waals surface area (Å²) in [5, 5.41) is 0.110. The van der Waals surface area contributed by atoms with Crippen LogP contribution in [0.25, 0.3) is 0 Å². The highest BCUT2D eigenvalue weighted by Crippen LogP contribution is 2.22. The van der Waals surface area contributed by atoms with Crippen molar-refractivity contribution in [2.75, 3.05) is 13.1 Å². The first-order valence-corrected chi connectivity index (χ1v) is 7.02. The fourth-order valence-corrected chi connectivity index (χ4v) is 3.53. The summed E-state index contributed by atoms with van der Waals surface area (Å²) in [5.74, 6) is 0.870. The summed E-state index contributed by atoms with van der Waals surface area (Å²) >= 11 is 0. The molecule has 1 fully saturated rings. The van der Waals surface area contributed by atoms with Gasteiger partial charge >= 0.3 is 0 Å². The molecule has 2 heterocycles. The van der Waals surface area contributed by atoms with Gasteiger partial charge in [-0.3, -0.25) is 0 Å². The van der Waals surface area contributed by atoms with Gasteiger partial charge < -0.3 is 10.3 Å². The molecular formula is C10H19ClN4O2S. The van der Waals surface area contributed by atoms with Gasteiger partial charge in [-0.15, -0.1) is 12.4 Å². The quantitative estimate of drug-likeness (QED) is 0.840. The van der Waals surface area contributed by atoms with E-state index in [2.05, 4.69) is 4.98 Å². The van der Waals surface area contributed by atoms with Crippen LogP contribution in [0.5, 0.6) is 0 Å². The third kappa shape index (κ3) is 2.54. The lowest BCUT2D eigenvalue weighted by Crippen LogP contribution is -2.32. The van der Waals surface area contributed by atoms with Crippen LogP contribution in [0.3, 0.4) is 0 Å². The molecule has 0 radical (unpaired) electrons. The summed E-state index contributed by atoms with van der Waals surface area (Å²) in [6.07, 6.45) is 1.54. The molecule has 18 heavy (non-hydrogen) atoms. The first kappa shape index (κ1) is 15.4. The van der Waals surface area contributed by atoms with Crippen LogP contribution in [0.4, 0.5) is 0 Å². The normalized spacial score (nSPS) is 25.1. The summed E-state index contributed by atoms with van der Waals surface area (Å²) in [6.45, 7) is 4.58. The van der Waals surface area contributed by atoms with E-state index in [0.717, 1.165) is 0 Å². The molecular weight excluding hydrogens is 276 g/mol. The monoisotopic (exact) mass is 294 g/mol. The van der Waals surface area contributed by atoms with Gasteiger partial charge in [-0.05, 0) is 12.8 Å². The number of nitrogens with two attached hydrogens (primary N) is 1. The van der Waals surface area contributed by atoms with Gasteiger partial charge in [0.2, 0.25) is 0 Å². The predicted molar refractivity (Wildman–Crippen MR) is 71.1 cm³/mol. The van der Waals surface area contributed by atoms with Gasteiger partial charge in [-0.25, -0.2) is 13.4 Å². The number of aromatic nitrogens is 2. The highest BCUT2D eigenvalue weighted by atomic mass is 35.5. The van der Waals surface area contributed by atoms with E-state index in [4.69, 9.17) is 5.73 Å². The van der Waals surface area contributed by atoms with Gasteiger partial charge in [0.25, 0.3) is 10.0 Å². The highest BCUT2D eigenvalue weighted by Gasteiger charge is 2.36. The summed E-state index contributed by atoms with van der Waals surface area (Å²) in [7, 11) is -1.71. The maximum Gasteiger partial charge on any atom is 0.262 e. The standard InChI is InChI=1S/C10H18N4O2S.ClH/c1-7-4-14(5-9(7)11)17(15,16)10-6-13(3)8(2)12-10;/h6-7,9H,4-5,11H2,1-3H3;1H. The molecule has 8 heteroatoms. The number of halogens is 1. The van der Waals surface area contributed by atoms with Crippen LogP contribution in [0, 0.1) is 12.8 Å². The van der Waals surface area contributed by atoms with Crippen molar-refractivity contribution < 1.29 is 8.42 Å². The van der Waals surface area contributed by atoms with Crippen molar-refractivity contribution >= 4 is 22.4 Å². The Hall–Kier alpha value is -0.630. The average Bonchev–Trinajstić information content (AvgIpc) is 2.74. The minimum atomic E-state index is -3.48. The van der Waals surface area contributed by atoms with E-state index < -0.39 is 10.0 Å². The lowest BCUT2D eigenvalue weighted by atomic mass is 10.1. The van der Waals surface area contributed by atoms with Crippen molar-refractivity contribution in [3.63, 3.8) is 0 Å². The van der Waals surface area contributed by atoms with Crippen LogP contribution in [0.1, 0.15) is 12.7 Å². The van der Waals surface area contributed by atoms with E-state index in [1.54, 1.807) is 24.7 Å². The Balaban J connectivity index is 0.00000162. The molecule has 0 aromatic carbocycles. The van der Waals surface area contributed by atoms with E-state index in [-0.39, 0.29) is 29.4 Å². The van der Waals surface area contributed by atoms with Crippen LogP contribution >= 0.6 is 12.4 Å². The Labute approximate surface area is 114 Å². The molecule has 2 atom stereocenters. The Morgan fingerprint density at radius 3 is 2.44 bits per heavy atom. The molecule has 0 spiro atoms. The molecule has 0 amide bonds. The molecule has 2 unspecified atom stereocenters. The first-order valence-electron chi connectivity index (χ1n) is 5.58. The third-order valence-corrected chi connectivity index (χ3v) is 5.03. The maximum absolute atomic E-state index is 12.3. The van der Waals surface area contributed by atoms with Crippen molar-refractivity contribution in [3.8, 4) is 0 Å². The topological polar surface area (TPSA) is 81.2 Å². The molecule has 1 aliphatic heterocycles. The van der Waals surface area contributed by atoms with Gasteiger partial charge in [-0.2, -0.15) is 4.31 Å². The third-order valence-electron chi connectivity index (χ3n) is 3.33. The number of sulfonamides is 1. The Morgan fingerprint density at radius 2 is 2.06 bits per heavy atom. The largest absolute Gasteiger partial charge is 0.337 e. The fraction of sp³-hybridized carbons (Fsp3) is 0.700. The van der Waals surface area contributed by atoms with Crippen LogP contribution < -0.4 is 5.73 Å². The number of aryl methyl sites for hydroxylation is 2. The number of hydrogen-bond acceptors (Lipinski definition) is 4. The SMILES string of the molecule is Cc1nc(S(=O)(=O)N2CC(C)C(N)C2)cn1C.Cl. The average molecular weight is 295 g/mol. The molecule has 1 saturated heterocycles. The molecule has 1 aliphatic rings. The number of imidazole rings is 1. The second-order valence-electron chi connectivity index (χ2n) is 4.70. The number of rotatable bonds is 2. The maximum atomic E-state index is 12.3. The zero-order valence-electron chi connectivity index (χ0n) is 10.7. The van der Waals surface area contributed by atoms with Gasteiger partial charge in [0.15, 0.2) is 5.03 Å². The molecule has 0 saturated carbocycles. The Morgan fingerprint density at radius 1 is 1.44 bits per heavy atom. The van der Waals surface area contributed by atoms with Crippen LogP contribution in [-0.4, -0.2) is 41.4 Å². The summed E-state index contributed by atoms with van der Waals surface area (Å²) in [4.78, 5) is 4.07.